The van der Waals surface area contributed by atoms with Crippen LogP contribution in [0, 0.1) is 0 Å². The molecule has 5 rings (SSSR count). The van der Waals surface area contributed by atoms with E-state index in [1.165, 1.54) is 5.56 Å². The first-order valence-corrected chi connectivity index (χ1v) is 12.5. The second-order valence-electron chi connectivity index (χ2n) is 8.67. The van der Waals surface area contributed by atoms with Crippen molar-refractivity contribution in [1.29, 1.82) is 0 Å². The lowest BCUT2D eigenvalue weighted by molar-refractivity contribution is 0.305. The molecule has 0 unspecified atom stereocenters. The Labute approximate surface area is 188 Å². The third kappa shape index (κ3) is 3.55. The van der Waals surface area contributed by atoms with E-state index in [2.05, 4.69) is 16.1 Å². The van der Waals surface area contributed by atoms with Gasteiger partial charge in [0.05, 0.1) is 4.90 Å². The standard InChI is InChI=1S/C23H28N6O2S/c24-21-26-22(25)29(23(27-21)13-4-1-5-14-23)19-8-10-20(11-9-19)32(30,31)28-15-12-17-6-2-3-7-18(17)16-28/h2-3,6-11H,1,4-5,12-16H2,(H4,24,25,26,27). The third-order valence-corrected chi connectivity index (χ3v) is 8.54. The number of nitrogens with zero attached hydrogens (tertiary/aromatic N) is 4. The Morgan fingerprint density at radius 1 is 0.906 bits per heavy atom. The van der Waals surface area contributed by atoms with E-state index in [-0.39, 0.29) is 10.9 Å². The Hall–Kier alpha value is -2.91. The summed E-state index contributed by atoms with van der Waals surface area (Å²) >= 11 is 0. The molecule has 2 aromatic rings. The summed E-state index contributed by atoms with van der Waals surface area (Å²) in [5, 5.41) is 0. The molecule has 2 aliphatic heterocycles. The van der Waals surface area contributed by atoms with Gasteiger partial charge in [-0.3, -0.25) is 4.90 Å². The SMILES string of the molecule is NC1=NC2(CCCCC2)N(c2ccc(S(=O)(=O)N3CCc4ccccc4C3)cc2)C(N)=N1. The predicted octanol–water partition coefficient (Wildman–Crippen LogP) is 2.54. The van der Waals surface area contributed by atoms with E-state index in [0.717, 1.165) is 49.8 Å². The molecule has 0 radical (unpaired) electrons. The second kappa shape index (κ2) is 7.90. The van der Waals surface area contributed by atoms with Crippen molar-refractivity contribution in [1.82, 2.24) is 4.31 Å². The fourth-order valence-electron chi connectivity index (χ4n) is 5.09. The highest BCUT2D eigenvalue weighted by Gasteiger charge is 2.42. The summed E-state index contributed by atoms with van der Waals surface area (Å²) in [5.74, 6) is 0.493. The maximum absolute atomic E-state index is 13.3. The lowest BCUT2D eigenvalue weighted by Gasteiger charge is -2.45. The number of sulfonamides is 1. The number of anilines is 1. The molecule has 4 N–H and O–H groups in total. The van der Waals surface area contributed by atoms with Gasteiger partial charge in [-0.1, -0.05) is 30.7 Å². The zero-order valence-corrected chi connectivity index (χ0v) is 18.8. The van der Waals surface area contributed by atoms with Crippen molar-refractivity contribution in [2.75, 3.05) is 11.4 Å². The van der Waals surface area contributed by atoms with Gasteiger partial charge in [-0.15, -0.1) is 0 Å². The number of nitrogens with two attached hydrogens (primary N) is 2. The van der Waals surface area contributed by atoms with E-state index < -0.39 is 15.7 Å². The van der Waals surface area contributed by atoms with Crippen LogP contribution in [0.4, 0.5) is 5.69 Å². The van der Waals surface area contributed by atoms with Crippen LogP contribution in [0.2, 0.25) is 0 Å². The van der Waals surface area contributed by atoms with Gasteiger partial charge in [-0.2, -0.15) is 9.30 Å². The number of hydrogen-bond donors (Lipinski definition) is 2. The van der Waals surface area contributed by atoms with Gasteiger partial charge in [0.25, 0.3) is 0 Å². The molecular formula is C23H28N6O2S. The van der Waals surface area contributed by atoms with Crippen LogP contribution in [-0.4, -0.2) is 36.8 Å². The van der Waals surface area contributed by atoms with Crippen molar-refractivity contribution in [3.05, 3.63) is 59.7 Å². The number of guanidine groups is 2. The van der Waals surface area contributed by atoms with Crippen molar-refractivity contribution in [3.63, 3.8) is 0 Å². The van der Waals surface area contributed by atoms with Crippen molar-refractivity contribution >= 4 is 27.6 Å². The molecule has 0 amide bonds. The summed E-state index contributed by atoms with van der Waals surface area (Å²) in [5.41, 5.74) is 14.7. The van der Waals surface area contributed by atoms with E-state index in [9.17, 15) is 8.42 Å². The molecule has 1 fully saturated rings. The summed E-state index contributed by atoms with van der Waals surface area (Å²) in [6.07, 6.45) is 5.59. The van der Waals surface area contributed by atoms with Gasteiger partial charge in [0, 0.05) is 18.8 Å². The van der Waals surface area contributed by atoms with E-state index in [1.807, 2.05) is 23.1 Å². The number of rotatable bonds is 3. The lowest BCUT2D eigenvalue weighted by atomic mass is 9.87. The molecule has 1 saturated carbocycles. The van der Waals surface area contributed by atoms with Gasteiger partial charge in [0.2, 0.25) is 21.9 Å². The summed E-state index contributed by atoms with van der Waals surface area (Å²) in [7, 11) is -3.60. The third-order valence-electron chi connectivity index (χ3n) is 6.68. The number of hydrogen-bond acceptors (Lipinski definition) is 7. The van der Waals surface area contributed by atoms with Crippen LogP contribution in [0.15, 0.2) is 63.4 Å². The predicted molar refractivity (Wildman–Crippen MR) is 126 cm³/mol. The Balaban J connectivity index is 1.43. The monoisotopic (exact) mass is 452 g/mol. The Kier molecular flexibility index (Phi) is 5.17. The fourth-order valence-corrected chi connectivity index (χ4v) is 6.50. The average Bonchev–Trinajstić information content (AvgIpc) is 2.79. The van der Waals surface area contributed by atoms with E-state index in [0.29, 0.717) is 19.0 Å². The molecule has 2 aromatic carbocycles. The Morgan fingerprint density at radius 2 is 1.59 bits per heavy atom. The minimum absolute atomic E-state index is 0.199. The first-order chi connectivity index (χ1) is 15.4. The molecule has 3 aliphatic rings. The molecule has 168 valence electrons. The first-order valence-electron chi connectivity index (χ1n) is 11.1. The minimum Gasteiger partial charge on any atom is -0.369 e. The van der Waals surface area contributed by atoms with Crippen LogP contribution in [0.3, 0.4) is 0 Å². The number of benzene rings is 2. The highest BCUT2D eigenvalue weighted by Crippen LogP contribution is 2.39. The van der Waals surface area contributed by atoms with Crippen LogP contribution >= 0.6 is 0 Å². The normalized spacial score (nSPS) is 21.1. The van der Waals surface area contributed by atoms with E-state index >= 15 is 0 Å². The van der Waals surface area contributed by atoms with Gasteiger partial charge in [-0.25, -0.2) is 13.4 Å². The van der Waals surface area contributed by atoms with Gasteiger partial charge < -0.3 is 11.5 Å². The zero-order valence-electron chi connectivity index (χ0n) is 17.9. The highest BCUT2D eigenvalue weighted by atomic mass is 32.2. The summed E-state index contributed by atoms with van der Waals surface area (Å²) in [4.78, 5) is 11.0. The molecule has 0 bridgehead atoms. The number of fused-ring (bicyclic) bond motifs is 1. The largest absolute Gasteiger partial charge is 0.369 e. The molecule has 8 nitrogen and oxygen atoms in total. The molecule has 1 spiro atoms. The van der Waals surface area contributed by atoms with Gasteiger partial charge in [-0.05, 0) is 67.5 Å². The Morgan fingerprint density at radius 3 is 2.31 bits per heavy atom. The second-order valence-corrected chi connectivity index (χ2v) is 10.6. The molecule has 2 heterocycles. The molecule has 0 aromatic heterocycles. The molecule has 0 atom stereocenters. The summed E-state index contributed by atoms with van der Waals surface area (Å²) < 4.78 is 28.2. The van der Waals surface area contributed by atoms with Gasteiger partial charge in [0.15, 0.2) is 0 Å². The minimum atomic E-state index is -3.60. The van der Waals surface area contributed by atoms with Crippen molar-refractivity contribution in [3.8, 4) is 0 Å². The van der Waals surface area contributed by atoms with E-state index in [1.54, 1.807) is 28.6 Å². The Bertz CT molecular complexity index is 1180. The van der Waals surface area contributed by atoms with Crippen LogP contribution in [-0.2, 0) is 23.0 Å². The lowest BCUT2D eigenvalue weighted by Crippen LogP contribution is -2.58. The topological polar surface area (TPSA) is 117 Å². The van der Waals surface area contributed by atoms with Crippen molar-refractivity contribution in [2.24, 2.45) is 21.5 Å². The highest BCUT2D eigenvalue weighted by molar-refractivity contribution is 7.89. The molecule has 1 aliphatic carbocycles. The van der Waals surface area contributed by atoms with Crippen molar-refractivity contribution in [2.45, 2.75) is 55.6 Å². The maximum Gasteiger partial charge on any atom is 0.243 e. The van der Waals surface area contributed by atoms with Crippen molar-refractivity contribution < 1.29 is 8.42 Å². The number of aliphatic imine (C=N–C) groups is 2. The molecular weight excluding hydrogens is 424 g/mol. The summed E-state index contributed by atoms with van der Waals surface area (Å²) in [6.45, 7) is 0.868. The van der Waals surface area contributed by atoms with Crippen LogP contribution in [0.25, 0.3) is 0 Å². The van der Waals surface area contributed by atoms with Crippen LogP contribution < -0.4 is 16.4 Å². The van der Waals surface area contributed by atoms with Crippen LogP contribution in [0.1, 0.15) is 43.2 Å². The van der Waals surface area contributed by atoms with Gasteiger partial charge >= 0.3 is 0 Å². The zero-order chi connectivity index (χ0) is 22.3. The maximum atomic E-state index is 13.3. The summed E-state index contributed by atoms with van der Waals surface area (Å²) in [6, 6.07) is 14.9. The molecule has 0 saturated heterocycles. The molecule has 9 heteroatoms. The van der Waals surface area contributed by atoms with Gasteiger partial charge in [0.1, 0.15) is 5.66 Å². The first kappa shape index (κ1) is 21.0. The van der Waals surface area contributed by atoms with Crippen LogP contribution in [0.5, 0.6) is 0 Å². The smallest absolute Gasteiger partial charge is 0.243 e. The fraction of sp³-hybridized carbons (Fsp3) is 0.391. The average molecular weight is 453 g/mol. The van der Waals surface area contributed by atoms with E-state index in [4.69, 9.17) is 11.5 Å². The molecule has 32 heavy (non-hydrogen) atoms. The quantitative estimate of drug-likeness (QED) is 0.742.